The summed E-state index contributed by atoms with van der Waals surface area (Å²) in [6.07, 6.45) is 0.673. The summed E-state index contributed by atoms with van der Waals surface area (Å²) in [7, 11) is 0. The number of aliphatic carboxylic acids is 1. The smallest absolute Gasteiger partial charge is 0.329 e. The number of carboxylic acid groups (broad SMARTS) is 1. The number of benzene rings is 1. The summed E-state index contributed by atoms with van der Waals surface area (Å²) in [6.45, 7) is 8.50. The van der Waals surface area contributed by atoms with Crippen LogP contribution in [0.25, 0.3) is 0 Å². The second-order valence-electron chi connectivity index (χ2n) is 5.73. The Labute approximate surface area is 124 Å². The lowest BCUT2D eigenvalue weighted by molar-refractivity contribution is -0.145. The third-order valence-electron chi connectivity index (χ3n) is 4.02. The molecule has 1 atom stereocenters. The molecule has 0 unspecified atom stereocenters. The Balaban J connectivity index is 3.18. The summed E-state index contributed by atoms with van der Waals surface area (Å²) in [5, 5.41) is 11.7. The maximum atomic E-state index is 14.0. The maximum absolute atomic E-state index is 14.0. The minimum atomic E-state index is -1.44. The van der Waals surface area contributed by atoms with Crippen LogP contribution in [0.4, 0.5) is 4.39 Å². The monoisotopic (exact) mass is 295 g/mol. The Morgan fingerprint density at radius 3 is 2.38 bits per heavy atom. The van der Waals surface area contributed by atoms with Crippen molar-refractivity contribution in [3.05, 3.63) is 34.6 Å². The number of carboxylic acids is 1. The fourth-order valence-electron chi connectivity index (χ4n) is 2.02. The van der Waals surface area contributed by atoms with Crippen molar-refractivity contribution in [2.75, 3.05) is 0 Å². The second-order valence-corrected chi connectivity index (χ2v) is 5.73. The SMILES string of the molecule is CCc1cc(C(=O)N[C@@](C)(C(=O)O)C(C)C)c(F)cc1C. The molecule has 1 aromatic rings. The molecule has 0 aliphatic carbocycles. The molecule has 0 saturated carbocycles. The fraction of sp³-hybridized carbons (Fsp3) is 0.500. The van der Waals surface area contributed by atoms with Crippen molar-refractivity contribution < 1.29 is 19.1 Å². The predicted molar refractivity (Wildman–Crippen MR) is 78.9 cm³/mol. The molecule has 2 N–H and O–H groups in total. The third kappa shape index (κ3) is 3.40. The summed E-state index contributed by atoms with van der Waals surface area (Å²) in [6, 6.07) is 2.80. The van der Waals surface area contributed by atoms with Crippen LogP contribution in [0.2, 0.25) is 0 Å². The summed E-state index contributed by atoms with van der Waals surface area (Å²) >= 11 is 0. The highest BCUT2D eigenvalue weighted by molar-refractivity contribution is 5.98. The van der Waals surface area contributed by atoms with Gasteiger partial charge in [0.15, 0.2) is 0 Å². The standard InChI is InChI=1S/C16H22FNO3/c1-6-11-8-12(13(17)7-10(11)4)14(19)18-16(5,9(2)3)15(20)21/h7-9H,6H2,1-5H3,(H,18,19)(H,20,21)/t16-/m1/s1. The first-order valence-electron chi connectivity index (χ1n) is 6.98. The minimum absolute atomic E-state index is 0.120. The molecule has 0 fully saturated rings. The van der Waals surface area contributed by atoms with Crippen molar-refractivity contribution in [1.29, 1.82) is 0 Å². The van der Waals surface area contributed by atoms with Crippen LogP contribution in [0.5, 0.6) is 0 Å². The molecule has 0 bridgehead atoms. The summed E-state index contributed by atoms with van der Waals surface area (Å²) < 4.78 is 14.0. The molecule has 0 aliphatic heterocycles. The molecule has 4 nitrogen and oxygen atoms in total. The van der Waals surface area contributed by atoms with Crippen LogP contribution >= 0.6 is 0 Å². The van der Waals surface area contributed by atoms with Crippen molar-refractivity contribution in [2.45, 2.75) is 46.6 Å². The van der Waals surface area contributed by atoms with E-state index >= 15 is 0 Å². The predicted octanol–water partition coefficient (Wildman–Crippen LogP) is 2.93. The molecule has 0 spiro atoms. The first-order valence-corrected chi connectivity index (χ1v) is 6.98. The third-order valence-corrected chi connectivity index (χ3v) is 4.02. The first kappa shape index (κ1) is 17.1. The Kier molecular flexibility index (Phi) is 5.10. The lowest BCUT2D eigenvalue weighted by Gasteiger charge is -2.30. The number of hydrogen-bond donors (Lipinski definition) is 2. The van der Waals surface area contributed by atoms with Gasteiger partial charge in [-0.3, -0.25) is 4.79 Å². The largest absolute Gasteiger partial charge is 0.480 e. The van der Waals surface area contributed by atoms with Crippen LogP contribution in [-0.4, -0.2) is 22.5 Å². The van der Waals surface area contributed by atoms with Crippen LogP contribution in [0, 0.1) is 18.7 Å². The summed E-state index contributed by atoms with van der Waals surface area (Å²) in [5.41, 5.74) is 0.0750. The Bertz CT molecular complexity index is 569. The maximum Gasteiger partial charge on any atom is 0.329 e. The van der Waals surface area contributed by atoms with Gasteiger partial charge in [0, 0.05) is 0 Å². The highest BCUT2D eigenvalue weighted by Gasteiger charge is 2.38. The van der Waals surface area contributed by atoms with Gasteiger partial charge in [-0.2, -0.15) is 0 Å². The zero-order valence-corrected chi connectivity index (χ0v) is 13.1. The Hall–Kier alpha value is -1.91. The molecular weight excluding hydrogens is 273 g/mol. The number of amides is 1. The van der Waals surface area contributed by atoms with E-state index in [1.807, 2.05) is 6.92 Å². The number of carbonyl (C=O) groups is 2. The van der Waals surface area contributed by atoms with Crippen LogP contribution in [0.15, 0.2) is 12.1 Å². The van der Waals surface area contributed by atoms with E-state index in [1.54, 1.807) is 20.8 Å². The first-order chi connectivity index (χ1) is 9.63. The molecule has 5 heteroatoms. The minimum Gasteiger partial charge on any atom is -0.480 e. The molecule has 0 aliphatic rings. The fourth-order valence-corrected chi connectivity index (χ4v) is 2.02. The van der Waals surface area contributed by atoms with Gasteiger partial charge >= 0.3 is 5.97 Å². The summed E-state index contributed by atoms with van der Waals surface area (Å²) in [5.74, 6) is -2.83. The topological polar surface area (TPSA) is 66.4 Å². The highest BCUT2D eigenvalue weighted by Crippen LogP contribution is 2.20. The second kappa shape index (κ2) is 6.24. The van der Waals surface area contributed by atoms with Crippen LogP contribution < -0.4 is 5.32 Å². The number of aryl methyl sites for hydroxylation is 2. The van der Waals surface area contributed by atoms with E-state index in [1.165, 1.54) is 19.1 Å². The Morgan fingerprint density at radius 1 is 1.38 bits per heavy atom. The van der Waals surface area contributed by atoms with Crippen molar-refractivity contribution in [3.8, 4) is 0 Å². The van der Waals surface area contributed by atoms with E-state index in [2.05, 4.69) is 5.32 Å². The number of rotatable bonds is 5. The molecule has 1 rings (SSSR count). The van der Waals surface area contributed by atoms with Crippen molar-refractivity contribution in [1.82, 2.24) is 5.32 Å². The lowest BCUT2D eigenvalue weighted by Crippen LogP contribution is -2.56. The number of nitrogens with one attached hydrogen (secondary N) is 1. The van der Waals surface area contributed by atoms with Gasteiger partial charge in [-0.1, -0.05) is 20.8 Å². The molecule has 0 aromatic heterocycles. The average molecular weight is 295 g/mol. The van der Waals surface area contributed by atoms with Crippen LogP contribution in [0.3, 0.4) is 0 Å². The van der Waals surface area contributed by atoms with Gasteiger partial charge in [-0.25, -0.2) is 9.18 Å². The van der Waals surface area contributed by atoms with Gasteiger partial charge in [-0.05, 0) is 49.4 Å². The Morgan fingerprint density at radius 2 is 1.95 bits per heavy atom. The number of halogens is 1. The van der Waals surface area contributed by atoms with E-state index in [4.69, 9.17) is 0 Å². The molecule has 21 heavy (non-hydrogen) atoms. The molecular formula is C16H22FNO3. The highest BCUT2D eigenvalue weighted by atomic mass is 19.1. The van der Waals surface area contributed by atoms with Crippen molar-refractivity contribution >= 4 is 11.9 Å². The van der Waals surface area contributed by atoms with Gasteiger partial charge in [0.2, 0.25) is 0 Å². The molecule has 0 radical (unpaired) electrons. The van der Waals surface area contributed by atoms with E-state index < -0.39 is 23.2 Å². The normalized spacial score (nSPS) is 13.9. The molecule has 116 valence electrons. The van der Waals surface area contributed by atoms with Gasteiger partial charge in [0.1, 0.15) is 11.4 Å². The van der Waals surface area contributed by atoms with Gasteiger partial charge in [0.05, 0.1) is 5.56 Å². The van der Waals surface area contributed by atoms with E-state index in [0.717, 1.165) is 11.1 Å². The van der Waals surface area contributed by atoms with E-state index in [0.29, 0.717) is 6.42 Å². The summed E-state index contributed by atoms with van der Waals surface area (Å²) in [4.78, 5) is 23.6. The zero-order chi connectivity index (χ0) is 16.4. The molecule has 1 amide bonds. The average Bonchev–Trinajstić information content (AvgIpc) is 2.37. The quantitative estimate of drug-likeness (QED) is 0.877. The van der Waals surface area contributed by atoms with Gasteiger partial charge < -0.3 is 10.4 Å². The zero-order valence-electron chi connectivity index (χ0n) is 13.1. The van der Waals surface area contributed by atoms with Gasteiger partial charge in [-0.15, -0.1) is 0 Å². The lowest BCUT2D eigenvalue weighted by atomic mass is 9.88. The van der Waals surface area contributed by atoms with E-state index in [9.17, 15) is 19.1 Å². The number of hydrogen-bond acceptors (Lipinski definition) is 2. The van der Waals surface area contributed by atoms with E-state index in [-0.39, 0.29) is 11.5 Å². The van der Waals surface area contributed by atoms with Gasteiger partial charge in [0.25, 0.3) is 5.91 Å². The molecule has 0 heterocycles. The van der Waals surface area contributed by atoms with Crippen molar-refractivity contribution in [3.63, 3.8) is 0 Å². The molecule has 1 aromatic carbocycles. The van der Waals surface area contributed by atoms with Crippen LogP contribution in [0.1, 0.15) is 49.2 Å². The number of carbonyl (C=O) groups excluding carboxylic acids is 1. The van der Waals surface area contributed by atoms with Crippen LogP contribution in [-0.2, 0) is 11.2 Å². The molecule has 0 saturated heterocycles. The van der Waals surface area contributed by atoms with Crippen molar-refractivity contribution in [2.24, 2.45) is 5.92 Å².